The minimum atomic E-state index is -4.31. The molecule has 13 heteroatoms. The molecule has 0 N–H and O–H groups in total. The number of phosphoric ester groups is 2. The number of carbonyl (C=O) groups excluding carboxylic acids is 1. The molecular weight excluding hydrogens is 414 g/mol. The smallest absolute Gasteiger partial charge is 0.268 e. The fourth-order valence-corrected chi connectivity index (χ4v) is 2.67. The minimum Gasteiger partial charge on any atom is -0.756 e. The second kappa shape index (κ2) is 13.2. The number of hydrogen-bond acceptors (Lipinski definition) is 9. The third-order valence-corrected chi connectivity index (χ3v) is 4.75. The number of rotatable bonds is 13. The lowest BCUT2D eigenvalue weighted by Crippen LogP contribution is -2.37. The number of hydrogen-bond donors (Lipinski definition) is 0. The summed E-state index contributed by atoms with van der Waals surface area (Å²) in [5, 5.41) is 0. The summed E-state index contributed by atoms with van der Waals surface area (Å²) in [4.78, 5) is 32.4. The van der Waals surface area contributed by atoms with E-state index in [9.17, 15) is 23.7 Å². The van der Waals surface area contributed by atoms with Crippen molar-refractivity contribution >= 4 is 21.4 Å². The van der Waals surface area contributed by atoms with Gasteiger partial charge in [0.2, 0.25) is 0 Å². The molecule has 0 aromatic heterocycles. The zero-order valence-electron chi connectivity index (χ0n) is 18.2. The average molecular weight is 450 g/mol. The lowest BCUT2D eigenvalue weighted by molar-refractivity contribution is -0.870. The Labute approximate surface area is 168 Å². The van der Waals surface area contributed by atoms with Crippen LogP contribution in [0, 0.1) is 0 Å². The van der Waals surface area contributed by atoms with E-state index in [0.29, 0.717) is 22.1 Å². The Hall–Kier alpha value is -0.190. The van der Waals surface area contributed by atoms with Gasteiger partial charge in [-0.3, -0.25) is 13.9 Å². The first-order valence-corrected chi connectivity index (χ1v) is 11.6. The Morgan fingerprint density at radius 1 is 0.786 bits per heavy atom. The van der Waals surface area contributed by atoms with Gasteiger partial charge in [0.25, 0.3) is 15.6 Å². The Morgan fingerprint density at radius 3 is 1.43 bits per heavy atom. The highest BCUT2D eigenvalue weighted by atomic mass is 31.2. The van der Waals surface area contributed by atoms with Crippen molar-refractivity contribution in [2.45, 2.75) is 13.8 Å². The second-order valence-electron chi connectivity index (χ2n) is 7.98. The molecule has 0 fully saturated rings. The third kappa shape index (κ3) is 23.8. The van der Waals surface area contributed by atoms with E-state index in [2.05, 4.69) is 18.1 Å². The van der Waals surface area contributed by atoms with E-state index in [0.717, 1.165) is 0 Å². The molecule has 0 radical (unpaired) electrons. The molecule has 0 aliphatic rings. The van der Waals surface area contributed by atoms with Gasteiger partial charge in [0.1, 0.15) is 32.9 Å². The number of ketones is 1. The molecule has 0 saturated heterocycles. The van der Waals surface area contributed by atoms with Crippen LogP contribution in [0.3, 0.4) is 0 Å². The molecule has 0 bridgehead atoms. The quantitative estimate of drug-likeness (QED) is 0.281. The second-order valence-corrected chi connectivity index (χ2v) is 10.8. The summed E-state index contributed by atoms with van der Waals surface area (Å²) in [5.74, 6) is -0.360. The van der Waals surface area contributed by atoms with E-state index < -0.39 is 22.3 Å². The zero-order chi connectivity index (χ0) is 22.6. The molecule has 0 saturated carbocycles. The molecular formula is C15H36N2O9P2. The Kier molecular flexibility index (Phi) is 14.1. The summed E-state index contributed by atoms with van der Waals surface area (Å²) < 4.78 is 41.1. The summed E-state index contributed by atoms with van der Waals surface area (Å²) in [7, 11) is 3.26. The number of nitrogens with zero attached hydrogens (tertiary/aromatic N) is 2. The number of quaternary nitrogens is 2. The first kappa shape index (κ1) is 30.0. The van der Waals surface area contributed by atoms with Gasteiger partial charge in [-0.25, -0.2) is 0 Å². The normalized spacial score (nSPS) is 16.5. The Morgan fingerprint density at radius 2 is 1.14 bits per heavy atom. The fraction of sp³-hybridized carbons (Fsp3) is 0.933. The highest BCUT2D eigenvalue weighted by Gasteiger charge is 2.14. The van der Waals surface area contributed by atoms with Crippen LogP contribution in [0.5, 0.6) is 0 Å². The van der Waals surface area contributed by atoms with Crippen LogP contribution in [0.2, 0.25) is 0 Å². The monoisotopic (exact) mass is 450 g/mol. The van der Waals surface area contributed by atoms with E-state index in [1.54, 1.807) is 6.92 Å². The van der Waals surface area contributed by atoms with Crippen LogP contribution in [0.4, 0.5) is 0 Å². The molecule has 2 atom stereocenters. The summed E-state index contributed by atoms with van der Waals surface area (Å²) in [5.41, 5.74) is 0. The molecule has 0 aliphatic carbocycles. The summed E-state index contributed by atoms with van der Waals surface area (Å²) >= 11 is 0. The Balaban J connectivity index is 0. The van der Waals surface area contributed by atoms with Crippen molar-refractivity contribution in [3.05, 3.63) is 0 Å². The predicted molar refractivity (Wildman–Crippen MR) is 101 cm³/mol. The highest BCUT2D eigenvalue weighted by molar-refractivity contribution is 7.46. The number of Topliss-reactive ketones (excluding diaryl/α,β-unsaturated/α-hetero) is 1. The molecule has 0 spiro atoms. The van der Waals surface area contributed by atoms with Crippen LogP contribution in [0.1, 0.15) is 13.8 Å². The molecule has 0 rings (SSSR count). The van der Waals surface area contributed by atoms with Crippen LogP contribution < -0.4 is 9.79 Å². The van der Waals surface area contributed by atoms with Crippen molar-refractivity contribution in [1.29, 1.82) is 0 Å². The van der Waals surface area contributed by atoms with Gasteiger partial charge in [0.05, 0.1) is 48.9 Å². The van der Waals surface area contributed by atoms with Gasteiger partial charge in [0.15, 0.2) is 5.78 Å². The SMILES string of the molecule is CC(=O)COP(=O)([O-])OCC[N+](C)(C)C.CCOP(=O)([O-])OCC[N+](C)(C)C. The maximum absolute atomic E-state index is 11.0. The molecule has 0 aliphatic heterocycles. The summed E-state index contributed by atoms with van der Waals surface area (Å²) in [6.45, 7) is 3.86. The minimum absolute atomic E-state index is 0.0438. The van der Waals surface area contributed by atoms with E-state index in [-0.39, 0.29) is 25.6 Å². The first-order chi connectivity index (χ1) is 12.4. The summed E-state index contributed by atoms with van der Waals surface area (Å²) in [6, 6.07) is 0. The molecule has 0 aromatic carbocycles. The van der Waals surface area contributed by atoms with E-state index in [4.69, 9.17) is 0 Å². The standard InChI is InChI=1S/C8H18NO5P.C7H18NO4P/c1-8(10)7-14-15(11,12)13-6-5-9(2,3)4;1-5-11-13(9,10)12-7-6-8(2,3)4/h5-7H2,1-4H3;5-7H2,1-4H3. The number of phosphoric acid groups is 2. The molecule has 28 heavy (non-hydrogen) atoms. The summed E-state index contributed by atoms with van der Waals surface area (Å²) in [6.07, 6.45) is 0. The molecule has 0 aromatic rings. The van der Waals surface area contributed by atoms with Gasteiger partial charge in [-0.15, -0.1) is 0 Å². The predicted octanol–water partition coefficient (Wildman–Crippen LogP) is -0.00270. The van der Waals surface area contributed by atoms with Crippen LogP contribution in [-0.2, 0) is 32.0 Å². The van der Waals surface area contributed by atoms with Crippen LogP contribution in [0.15, 0.2) is 0 Å². The van der Waals surface area contributed by atoms with Gasteiger partial charge in [-0.1, -0.05) is 0 Å². The van der Waals surface area contributed by atoms with Crippen molar-refractivity contribution < 1.29 is 50.8 Å². The van der Waals surface area contributed by atoms with Gasteiger partial charge in [-0.2, -0.15) is 0 Å². The average Bonchev–Trinajstić information content (AvgIpc) is 2.42. The van der Waals surface area contributed by atoms with Crippen molar-refractivity contribution in [2.75, 3.05) is 81.8 Å². The van der Waals surface area contributed by atoms with E-state index >= 15 is 0 Å². The van der Waals surface area contributed by atoms with E-state index in [1.165, 1.54) is 6.92 Å². The molecule has 170 valence electrons. The van der Waals surface area contributed by atoms with Gasteiger partial charge in [0, 0.05) is 0 Å². The van der Waals surface area contributed by atoms with E-state index in [1.807, 2.05) is 42.3 Å². The van der Waals surface area contributed by atoms with Gasteiger partial charge >= 0.3 is 0 Å². The third-order valence-electron chi connectivity index (χ3n) is 2.74. The number of carbonyl (C=O) groups is 1. The van der Waals surface area contributed by atoms with Crippen molar-refractivity contribution in [1.82, 2.24) is 0 Å². The maximum atomic E-state index is 11.0. The van der Waals surface area contributed by atoms with Crippen LogP contribution >= 0.6 is 15.6 Å². The maximum Gasteiger partial charge on any atom is 0.268 e. The van der Waals surface area contributed by atoms with Crippen molar-refractivity contribution in [3.63, 3.8) is 0 Å². The first-order valence-electron chi connectivity index (χ1n) is 8.70. The van der Waals surface area contributed by atoms with Crippen molar-refractivity contribution in [3.8, 4) is 0 Å². The van der Waals surface area contributed by atoms with Crippen LogP contribution in [0.25, 0.3) is 0 Å². The lowest BCUT2D eigenvalue weighted by atomic mass is 10.5. The molecule has 0 heterocycles. The lowest BCUT2D eigenvalue weighted by Gasteiger charge is -2.27. The largest absolute Gasteiger partial charge is 0.756 e. The van der Waals surface area contributed by atoms with Gasteiger partial charge < -0.3 is 36.8 Å². The topological polar surface area (TPSA) is 134 Å². The zero-order valence-corrected chi connectivity index (χ0v) is 20.0. The highest BCUT2D eigenvalue weighted by Crippen LogP contribution is 2.38. The van der Waals surface area contributed by atoms with Crippen molar-refractivity contribution in [2.24, 2.45) is 0 Å². The van der Waals surface area contributed by atoms with Crippen LogP contribution in [-0.4, -0.2) is 96.6 Å². The number of likely N-dealkylation sites (N-methyl/N-ethyl adjacent to an activating group) is 2. The fourth-order valence-electron chi connectivity index (χ4n) is 1.26. The molecule has 11 nitrogen and oxygen atoms in total. The molecule has 0 amide bonds. The molecule has 2 unspecified atom stereocenters. The van der Waals surface area contributed by atoms with Gasteiger partial charge in [-0.05, 0) is 13.8 Å². The Bertz CT molecular complexity index is 545.